The van der Waals surface area contributed by atoms with Crippen molar-refractivity contribution in [2.75, 3.05) is 31.1 Å². The lowest BCUT2D eigenvalue weighted by atomic mass is 10.1. The largest absolute Gasteiger partial charge is 0.368 e. The molecule has 2 aromatic carbocycles. The molecule has 0 aromatic heterocycles. The van der Waals surface area contributed by atoms with Gasteiger partial charge in [-0.3, -0.25) is 14.9 Å². The zero-order valence-corrected chi connectivity index (χ0v) is 15.4. The molecule has 1 unspecified atom stereocenters. The first-order valence-corrected chi connectivity index (χ1v) is 9.40. The number of amides is 4. The lowest BCUT2D eigenvalue weighted by molar-refractivity contribution is -0.134. The first kappa shape index (κ1) is 18.0. The second-order valence-corrected chi connectivity index (χ2v) is 7.00. The van der Waals surface area contributed by atoms with Crippen LogP contribution in [-0.2, 0) is 9.59 Å². The summed E-state index contributed by atoms with van der Waals surface area (Å²) in [5.41, 5.74) is 3.50. The Morgan fingerprint density at radius 3 is 2.14 bits per heavy atom. The maximum Gasteiger partial charge on any atom is 0.322 e. The van der Waals surface area contributed by atoms with Gasteiger partial charge in [-0.05, 0) is 23.3 Å². The summed E-state index contributed by atoms with van der Waals surface area (Å²) in [6.45, 7) is 2.67. The molecule has 0 aliphatic carbocycles. The highest BCUT2D eigenvalue weighted by Gasteiger charge is 2.33. The number of nitrogens with zero attached hydrogens (tertiary/aromatic N) is 2. The number of hydrogen-bond acceptors (Lipinski definition) is 4. The minimum absolute atomic E-state index is 0.00332. The van der Waals surface area contributed by atoms with E-state index in [1.54, 1.807) is 4.90 Å². The molecule has 0 radical (unpaired) electrons. The lowest BCUT2D eigenvalue weighted by Crippen LogP contribution is -2.50. The number of anilines is 1. The van der Waals surface area contributed by atoms with Crippen LogP contribution in [-0.4, -0.2) is 55.0 Å². The average Bonchev–Trinajstić information content (AvgIpc) is 3.05. The zero-order valence-electron chi connectivity index (χ0n) is 15.4. The Morgan fingerprint density at radius 2 is 1.54 bits per heavy atom. The Hall–Kier alpha value is -3.35. The maximum atomic E-state index is 12.4. The second kappa shape index (κ2) is 7.72. The fourth-order valence-corrected chi connectivity index (χ4v) is 3.62. The van der Waals surface area contributed by atoms with Crippen LogP contribution in [0.5, 0.6) is 0 Å². The van der Waals surface area contributed by atoms with Crippen LogP contribution in [0.1, 0.15) is 6.42 Å². The zero-order chi connectivity index (χ0) is 19.5. The predicted octanol–water partition coefficient (Wildman–Crippen LogP) is 1.60. The van der Waals surface area contributed by atoms with Gasteiger partial charge < -0.3 is 15.1 Å². The van der Waals surface area contributed by atoms with E-state index in [-0.39, 0.29) is 12.3 Å². The Labute approximate surface area is 163 Å². The quantitative estimate of drug-likeness (QED) is 0.792. The fraction of sp³-hybridized carbons (Fsp3) is 0.286. The summed E-state index contributed by atoms with van der Waals surface area (Å²) in [7, 11) is 0. The van der Waals surface area contributed by atoms with E-state index >= 15 is 0 Å². The number of carbonyl (C=O) groups excluding carboxylic acids is 3. The van der Waals surface area contributed by atoms with Crippen LogP contribution in [0.3, 0.4) is 0 Å². The summed E-state index contributed by atoms with van der Waals surface area (Å²) in [5, 5.41) is 4.62. The predicted molar refractivity (Wildman–Crippen MR) is 106 cm³/mol. The van der Waals surface area contributed by atoms with Gasteiger partial charge in [0, 0.05) is 31.9 Å². The van der Waals surface area contributed by atoms with E-state index in [4.69, 9.17) is 0 Å². The molecular weight excluding hydrogens is 356 g/mol. The van der Waals surface area contributed by atoms with Gasteiger partial charge in [0.05, 0.1) is 6.42 Å². The van der Waals surface area contributed by atoms with Gasteiger partial charge in [0.25, 0.3) is 5.91 Å². The average molecular weight is 378 g/mol. The summed E-state index contributed by atoms with van der Waals surface area (Å²) in [6, 6.07) is 17.4. The second-order valence-electron chi connectivity index (χ2n) is 7.00. The molecule has 2 N–H and O–H groups in total. The van der Waals surface area contributed by atoms with E-state index in [1.807, 2.05) is 18.2 Å². The molecule has 28 heavy (non-hydrogen) atoms. The Bertz CT molecular complexity index is 874. The molecule has 1 atom stereocenters. The highest BCUT2D eigenvalue weighted by atomic mass is 16.2. The third kappa shape index (κ3) is 3.83. The van der Waals surface area contributed by atoms with Crippen LogP contribution < -0.4 is 15.5 Å². The van der Waals surface area contributed by atoms with Crippen molar-refractivity contribution in [2.45, 2.75) is 12.5 Å². The molecular formula is C21H22N4O3. The molecule has 2 aliphatic heterocycles. The summed E-state index contributed by atoms with van der Waals surface area (Å²) in [4.78, 5) is 39.2. The van der Waals surface area contributed by atoms with Gasteiger partial charge in [-0.2, -0.15) is 0 Å². The van der Waals surface area contributed by atoms with E-state index in [9.17, 15) is 14.4 Å². The van der Waals surface area contributed by atoms with Crippen LogP contribution in [0, 0.1) is 0 Å². The molecule has 7 nitrogen and oxygen atoms in total. The van der Waals surface area contributed by atoms with Crippen molar-refractivity contribution in [2.24, 2.45) is 0 Å². The molecule has 0 bridgehead atoms. The molecule has 0 spiro atoms. The number of urea groups is 1. The molecule has 0 saturated carbocycles. The monoisotopic (exact) mass is 378 g/mol. The Morgan fingerprint density at radius 1 is 0.893 bits per heavy atom. The fourth-order valence-electron chi connectivity index (χ4n) is 3.62. The molecule has 2 aromatic rings. The van der Waals surface area contributed by atoms with Crippen LogP contribution in [0.15, 0.2) is 54.6 Å². The smallest absolute Gasteiger partial charge is 0.322 e. The number of rotatable bonds is 4. The normalized spacial score (nSPS) is 19.4. The van der Waals surface area contributed by atoms with Crippen LogP contribution in [0.4, 0.5) is 10.5 Å². The SMILES string of the molecule is O=C1NC(=O)C(CC(=O)N2CCN(c3ccc(-c4ccccc4)cc3)CC2)N1. The van der Waals surface area contributed by atoms with Crippen molar-refractivity contribution in [1.29, 1.82) is 0 Å². The topological polar surface area (TPSA) is 81.8 Å². The maximum absolute atomic E-state index is 12.4. The minimum Gasteiger partial charge on any atom is -0.368 e. The molecule has 4 rings (SSSR count). The van der Waals surface area contributed by atoms with E-state index in [1.165, 1.54) is 11.1 Å². The van der Waals surface area contributed by atoms with Gasteiger partial charge in [-0.1, -0.05) is 42.5 Å². The summed E-state index contributed by atoms with van der Waals surface area (Å²) in [5.74, 6) is -0.545. The molecule has 2 heterocycles. The Balaban J connectivity index is 1.32. The van der Waals surface area contributed by atoms with Gasteiger partial charge in [-0.15, -0.1) is 0 Å². The molecule has 2 fully saturated rings. The minimum atomic E-state index is -0.761. The number of carbonyl (C=O) groups is 3. The molecule has 2 aliphatic rings. The van der Waals surface area contributed by atoms with Crippen LogP contribution in [0.2, 0.25) is 0 Å². The standard InChI is InChI=1S/C21H22N4O3/c26-19(14-18-20(27)23-21(28)22-18)25-12-10-24(11-13-25)17-8-6-16(7-9-17)15-4-2-1-3-5-15/h1-9,18H,10-14H2,(H2,22,23,27,28). The van der Waals surface area contributed by atoms with E-state index in [2.05, 4.69) is 51.9 Å². The Kier molecular flexibility index (Phi) is 4.97. The van der Waals surface area contributed by atoms with Crippen molar-refractivity contribution in [3.05, 3.63) is 54.6 Å². The number of hydrogen-bond donors (Lipinski definition) is 2. The van der Waals surface area contributed by atoms with Crippen LogP contribution >= 0.6 is 0 Å². The summed E-state index contributed by atoms with van der Waals surface area (Å²) < 4.78 is 0. The van der Waals surface area contributed by atoms with Gasteiger partial charge in [-0.25, -0.2) is 4.79 Å². The highest BCUT2D eigenvalue weighted by molar-refractivity contribution is 6.05. The summed E-state index contributed by atoms with van der Waals surface area (Å²) in [6.07, 6.45) is 0.00332. The number of benzene rings is 2. The lowest BCUT2D eigenvalue weighted by Gasteiger charge is -2.36. The number of piperazine rings is 1. The first-order chi connectivity index (χ1) is 13.6. The van der Waals surface area contributed by atoms with E-state index in [0.717, 1.165) is 18.8 Å². The van der Waals surface area contributed by atoms with Crippen molar-refractivity contribution in [1.82, 2.24) is 15.5 Å². The summed E-state index contributed by atoms with van der Waals surface area (Å²) >= 11 is 0. The van der Waals surface area contributed by atoms with Crippen molar-refractivity contribution >= 4 is 23.5 Å². The van der Waals surface area contributed by atoms with E-state index in [0.29, 0.717) is 13.1 Å². The number of nitrogens with one attached hydrogen (secondary N) is 2. The van der Waals surface area contributed by atoms with Gasteiger partial charge >= 0.3 is 6.03 Å². The molecule has 7 heteroatoms. The van der Waals surface area contributed by atoms with Crippen molar-refractivity contribution in [3.8, 4) is 11.1 Å². The van der Waals surface area contributed by atoms with Gasteiger partial charge in [0.15, 0.2) is 0 Å². The van der Waals surface area contributed by atoms with Crippen LogP contribution in [0.25, 0.3) is 11.1 Å². The van der Waals surface area contributed by atoms with Crippen molar-refractivity contribution < 1.29 is 14.4 Å². The van der Waals surface area contributed by atoms with Gasteiger partial charge in [0.2, 0.25) is 5.91 Å². The first-order valence-electron chi connectivity index (χ1n) is 9.40. The van der Waals surface area contributed by atoms with Gasteiger partial charge in [0.1, 0.15) is 6.04 Å². The van der Waals surface area contributed by atoms with Crippen molar-refractivity contribution in [3.63, 3.8) is 0 Å². The molecule has 144 valence electrons. The third-order valence-electron chi connectivity index (χ3n) is 5.21. The third-order valence-corrected chi connectivity index (χ3v) is 5.21. The molecule has 4 amide bonds. The molecule has 2 saturated heterocycles. The number of imide groups is 1. The van der Waals surface area contributed by atoms with E-state index < -0.39 is 18.0 Å². The highest BCUT2D eigenvalue weighted by Crippen LogP contribution is 2.24.